The third kappa shape index (κ3) is 4.47. The van der Waals surface area contributed by atoms with Crippen LogP contribution in [0.15, 0.2) is 48.5 Å². The first-order valence-electron chi connectivity index (χ1n) is 9.18. The van der Waals surface area contributed by atoms with Gasteiger partial charge in [-0.05, 0) is 49.8 Å². The van der Waals surface area contributed by atoms with E-state index in [1.54, 1.807) is 0 Å². The minimum Gasteiger partial charge on any atom is -0.325 e. The average Bonchev–Trinajstić information content (AvgIpc) is 2.65. The number of hydrogen-bond donors (Lipinski definition) is 2. The van der Waals surface area contributed by atoms with Crippen LogP contribution in [0.2, 0.25) is 0 Å². The molecule has 2 aromatic rings. The molecule has 1 aliphatic heterocycles. The maximum Gasteiger partial charge on any atom is 0.282 e. The van der Waals surface area contributed by atoms with Crippen LogP contribution >= 0.6 is 0 Å². The Kier molecular flexibility index (Phi) is 5.99. The van der Waals surface area contributed by atoms with Gasteiger partial charge >= 0.3 is 0 Å². The molecule has 2 N–H and O–H groups in total. The molecule has 0 unspecified atom stereocenters. The first kappa shape index (κ1) is 18.5. The van der Waals surface area contributed by atoms with Gasteiger partial charge in [0.1, 0.15) is 17.3 Å². The molecule has 0 spiro atoms. The van der Waals surface area contributed by atoms with Gasteiger partial charge < -0.3 is 10.2 Å². The highest BCUT2D eigenvalue weighted by Crippen LogP contribution is 2.19. The molecule has 5 heteroatoms. The van der Waals surface area contributed by atoms with Crippen molar-refractivity contribution in [2.45, 2.75) is 32.2 Å². The minimum absolute atomic E-state index is 0.341. The van der Waals surface area contributed by atoms with Crippen LogP contribution in [0.3, 0.4) is 0 Å². The summed E-state index contributed by atoms with van der Waals surface area (Å²) in [5, 5.41) is 2.42. The van der Waals surface area contributed by atoms with Crippen molar-refractivity contribution in [1.29, 1.82) is 0 Å². The van der Waals surface area contributed by atoms with E-state index in [1.807, 2.05) is 13.0 Å². The lowest BCUT2D eigenvalue weighted by Gasteiger charge is -2.32. The molecule has 3 rings (SSSR count). The number of quaternary nitrogens is 1. The van der Waals surface area contributed by atoms with Crippen LogP contribution in [0.1, 0.15) is 25.3 Å². The zero-order valence-electron chi connectivity index (χ0n) is 15.0. The lowest BCUT2D eigenvalue weighted by molar-refractivity contribution is -0.919. The maximum atomic E-state index is 13.7. The second-order valence-electron chi connectivity index (χ2n) is 7.10. The Labute approximate surface area is 153 Å². The lowest BCUT2D eigenvalue weighted by Crippen LogP contribution is -3.17. The van der Waals surface area contributed by atoms with Crippen molar-refractivity contribution in [3.05, 3.63) is 65.7 Å². The Bertz CT molecular complexity index is 723. The Morgan fingerprint density at radius 3 is 2.31 bits per heavy atom. The summed E-state index contributed by atoms with van der Waals surface area (Å²) in [5.74, 6) is -1.21. The SMILES string of the molecule is C[C@@H](C(=O)Nc1c(F)cccc1F)[NH+]1CCC(Cc2ccccc2)CC1. The fourth-order valence-corrected chi connectivity index (χ4v) is 3.67. The number of para-hydroxylation sites is 1. The number of piperidine rings is 1. The van der Waals surface area contributed by atoms with Gasteiger partial charge in [-0.15, -0.1) is 0 Å². The summed E-state index contributed by atoms with van der Waals surface area (Å²) in [6.45, 7) is 3.61. The van der Waals surface area contributed by atoms with Crippen LogP contribution in [0.5, 0.6) is 0 Å². The number of benzene rings is 2. The minimum atomic E-state index is -0.748. The number of halogens is 2. The highest BCUT2D eigenvalue weighted by molar-refractivity contribution is 5.93. The van der Waals surface area contributed by atoms with Crippen LogP contribution in [0.25, 0.3) is 0 Å². The molecule has 1 heterocycles. The van der Waals surface area contributed by atoms with Gasteiger partial charge in [-0.2, -0.15) is 0 Å². The van der Waals surface area contributed by atoms with Gasteiger partial charge in [-0.3, -0.25) is 4.79 Å². The summed E-state index contributed by atoms with van der Waals surface area (Å²) < 4.78 is 27.4. The first-order valence-corrected chi connectivity index (χ1v) is 9.18. The first-order chi connectivity index (χ1) is 12.5. The molecular weight excluding hydrogens is 334 g/mol. The van der Waals surface area contributed by atoms with E-state index in [1.165, 1.54) is 16.5 Å². The normalized spacial score (nSPS) is 21.2. The summed E-state index contributed by atoms with van der Waals surface area (Å²) in [4.78, 5) is 13.6. The predicted molar refractivity (Wildman–Crippen MR) is 98.0 cm³/mol. The van der Waals surface area contributed by atoms with E-state index in [2.05, 4.69) is 29.6 Å². The summed E-state index contributed by atoms with van der Waals surface area (Å²) in [6.07, 6.45) is 3.17. The molecule has 138 valence electrons. The fraction of sp³-hybridized carbons (Fsp3) is 0.381. The molecular formula is C21H25F2N2O+. The molecule has 0 aromatic heterocycles. The Morgan fingerprint density at radius 2 is 1.69 bits per heavy atom. The number of carbonyl (C=O) groups is 1. The van der Waals surface area contributed by atoms with Crippen LogP contribution in [-0.4, -0.2) is 25.0 Å². The van der Waals surface area contributed by atoms with Gasteiger partial charge in [0.25, 0.3) is 5.91 Å². The van der Waals surface area contributed by atoms with Gasteiger partial charge in [-0.25, -0.2) is 8.78 Å². The van der Waals surface area contributed by atoms with E-state index in [0.29, 0.717) is 5.92 Å². The van der Waals surface area contributed by atoms with Crippen LogP contribution in [-0.2, 0) is 11.2 Å². The molecule has 26 heavy (non-hydrogen) atoms. The van der Waals surface area contributed by atoms with Crippen LogP contribution in [0, 0.1) is 17.6 Å². The van der Waals surface area contributed by atoms with E-state index in [9.17, 15) is 13.6 Å². The topological polar surface area (TPSA) is 33.5 Å². The predicted octanol–water partition coefficient (Wildman–Crippen LogP) is 2.83. The molecule has 1 saturated heterocycles. The van der Waals surface area contributed by atoms with Gasteiger partial charge in [0.2, 0.25) is 0 Å². The van der Waals surface area contributed by atoms with Crippen molar-refractivity contribution in [1.82, 2.24) is 0 Å². The van der Waals surface area contributed by atoms with Crippen LogP contribution < -0.4 is 10.2 Å². The largest absolute Gasteiger partial charge is 0.325 e. The van der Waals surface area contributed by atoms with E-state index in [0.717, 1.165) is 44.5 Å². The number of hydrogen-bond acceptors (Lipinski definition) is 1. The fourth-order valence-electron chi connectivity index (χ4n) is 3.67. The summed E-state index contributed by atoms with van der Waals surface area (Å²) >= 11 is 0. The number of anilines is 1. The molecule has 1 atom stereocenters. The second kappa shape index (κ2) is 8.41. The standard InChI is InChI=1S/C21H24F2N2O/c1-15(21(26)24-20-18(22)8-5-9-19(20)23)25-12-10-17(11-13-25)14-16-6-3-2-4-7-16/h2-9,15,17H,10-14H2,1H3,(H,24,26)/p+1/t15-/m0/s1. The molecule has 0 bridgehead atoms. The van der Waals surface area contributed by atoms with E-state index < -0.39 is 11.6 Å². The Balaban J connectivity index is 1.53. The van der Waals surface area contributed by atoms with Crippen molar-refractivity contribution in [2.24, 2.45) is 5.92 Å². The summed E-state index contributed by atoms with van der Waals surface area (Å²) in [5.41, 5.74) is 0.990. The monoisotopic (exact) mass is 359 g/mol. The lowest BCUT2D eigenvalue weighted by atomic mass is 9.89. The smallest absolute Gasteiger partial charge is 0.282 e. The highest BCUT2D eigenvalue weighted by Gasteiger charge is 2.30. The molecule has 0 aliphatic carbocycles. The molecule has 1 amide bonds. The van der Waals surface area contributed by atoms with Crippen molar-refractivity contribution < 1.29 is 18.5 Å². The maximum absolute atomic E-state index is 13.7. The summed E-state index contributed by atoms with van der Waals surface area (Å²) in [6, 6.07) is 13.7. The van der Waals surface area contributed by atoms with Gasteiger partial charge in [-0.1, -0.05) is 36.4 Å². The number of amides is 1. The zero-order chi connectivity index (χ0) is 18.5. The van der Waals surface area contributed by atoms with Crippen molar-refractivity contribution in [3.8, 4) is 0 Å². The molecule has 1 aliphatic rings. The molecule has 3 nitrogen and oxygen atoms in total. The van der Waals surface area contributed by atoms with Crippen molar-refractivity contribution >= 4 is 11.6 Å². The third-order valence-corrected chi connectivity index (χ3v) is 5.33. The van der Waals surface area contributed by atoms with Crippen molar-refractivity contribution in [3.63, 3.8) is 0 Å². The number of likely N-dealkylation sites (tertiary alicyclic amines) is 1. The summed E-state index contributed by atoms with van der Waals surface area (Å²) in [7, 11) is 0. The quantitative estimate of drug-likeness (QED) is 0.846. The van der Waals surface area contributed by atoms with E-state index >= 15 is 0 Å². The number of nitrogens with one attached hydrogen (secondary N) is 2. The molecule has 1 fully saturated rings. The zero-order valence-corrected chi connectivity index (χ0v) is 15.0. The van der Waals surface area contributed by atoms with E-state index in [4.69, 9.17) is 0 Å². The molecule has 0 saturated carbocycles. The second-order valence-corrected chi connectivity index (χ2v) is 7.10. The van der Waals surface area contributed by atoms with E-state index in [-0.39, 0.29) is 17.6 Å². The van der Waals surface area contributed by atoms with Crippen LogP contribution in [0.4, 0.5) is 14.5 Å². The Hall–Kier alpha value is -2.27. The number of carbonyl (C=O) groups excluding carboxylic acids is 1. The molecule has 2 aromatic carbocycles. The van der Waals surface area contributed by atoms with Gasteiger partial charge in [0, 0.05) is 0 Å². The van der Waals surface area contributed by atoms with Crippen molar-refractivity contribution in [2.75, 3.05) is 18.4 Å². The number of rotatable bonds is 5. The highest BCUT2D eigenvalue weighted by atomic mass is 19.1. The Morgan fingerprint density at radius 1 is 1.08 bits per heavy atom. The average molecular weight is 359 g/mol. The van der Waals surface area contributed by atoms with Gasteiger partial charge in [0.05, 0.1) is 13.1 Å². The molecule has 0 radical (unpaired) electrons. The third-order valence-electron chi connectivity index (χ3n) is 5.33. The van der Waals surface area contributed by atoms with Gasteiger partial charge in [0.15, 0.2) is 6.04 Å².